The highest BCUT2D eigenvalue weighted by atomic mass is 31.2. The maximum atomic E-state index is 12.0. The molecule has 13 nitrogen and oxygen atoms in total. The number of carbonyl (C=O) groups excluding carboxylic acids is 1. The third kappa shape index (κ3) is 3.84. The molecule has 14 heteroatoms. The number of ether oxygens (including phenoxy) is 1. The predicted octanol–water partition coefficient (Wildman–Crippen LogP) is -4.37. The lowest BCUT2D eigenvalue weighted by molar-refractivity contribution is -0.302. The first-order valence-corrected chi connectivity index (χ1v) is 8.47. The summed E-state index contributed by atoms with van der Waals surface area (Å²) < 4.78 is 16.7. The second-order valence-corrected chi connectivity index (χ2v) is 7.47. The van der Waals surface area contributed by atoms with Gasteiger partial charge in [0.15, 0.2) is 5.28 Å². The van der Waals surface area contributed by atoms with Crippen LogP contribution in [-0.4, -0.2) is 94.4 Å². The first kappa shape index (κ1) is 21.9. The van der Waals surface area contributed by atoms with Gasteiger partial charge in [0.1, 0.15) is 18.3 Å². The first-order valence-electron chi connectivity index (χ1n) is 6.86. The van der Waals surface area contributed by atoms with Crippen LogP contribution < -0.4 is 5.32 Å². The predicted molar refractivity (Wildman–Crippen MR) is 75.8 cm³/mol. The van der Waals surface area contributed by atoms with Crippen LogP contribution in [0.1, 0.15) is 13.3 Å². The van der Waals surface area contributed by atoms with Crippen LogP contribution in [0.3, 0.4) is 0 Å². The van der Waals surface area contributed by atoms with Crippen molar-refractivity contribution in [2.24, 2.45) is 0 Å². The Morgan fingerprint density at radius 3 is 2.24 bits per heavy atom. The van der Waals surface area contributed by atoms with E-state index in [1.807, 2.05) is 0 Å². The van der Waals surface area contributed by atoms with Gasteiger partial charge in [-0.1, -0.05) is 0 Å². The zero-order valence-electron chi connectivity index (χ0n) is 12.9. The van der Waals surface area contributed by atoms with Gasteiger partial charge in [0, 0.05) is 13.3 Å². The highest BCUT2D eigenvalue weighted by molar-refractivity contribution is 7.53. The number of aliphatic carboxylic acids is 1. The Kier molecular flexibility index (Phi) is 6.33. The highest BCUT2D eigenvalue weighted by Crippen LogP contribution is 2.58. The van der Waals surface area contributed by atoms with E-state index >= 15 is 0 Å². The smallest absolute Gasteiger partial charge is 0.364 e. The molecule has 6 atom stereocenters. The number of hydrogen-bond donors (Lipinski definition) is 9. The number of aliphatic hydroxyl groups is 5. The van der Waals surface area contributed by atoms with Crippen molar-refractivity contribution < 1.29 is 59.3 Å². The Bertz CT molecular complexity index is 579. The van der Waals surface area contributed by atoms with Crippen molar-refractivity contribution in [1.82, 2.24) is 5.32 Å². The monoisotopic (exact) mass is 389 g/mol. The Morgan fingerprint density at radius 2 is 1.88 bits per heavy atom. The third-order valence-corrected chi connectivity index (χ3v) is 5.45. The van der Waals surface area contributed by atoms with E-state index in [9.17, 15) is 44.4 Å². The van der Waals surface area contributed by atoms with Gasteiger partial charge >= 0.3 is 13.6 Å². The fraction of sp³-hybridized carbons (Fsp3) is 0.818. The minimum absolute atomic E-state index is 0.814. The summed E-state index contributed by atoms with van der Waals surface area (Å²) in [5, 5.41) is 56.3. The number of carboxylic acids is 1. The minimum atomic E-state index is -5.59. The van der Waals surface area contributed by atoms with E-state index in [0.29, 0.717) is 0 Å². The number of amides is 1. The van der Waals surface area contributed by atoms with Crippen LogP contribution in [0.4, 0.5) is 0 Å². The molecular formula is C11H20NO12P. The summed E-state index contributed by atoms with van der Waals surface area (Å²) >= 11 is 0. The molecule has 1 aliphatic rings. The summed E-state index contributed by atoms with van der Waals surface area (Å²) in [5.74, 6) is -6.33. The van der Waals surface area contributed by atoms with E-state index < -0.39 is 68.0 Å². The average molecular weight is 389 g/mol. The molecule has 1 rings (SSSR count). The fourth-order valence-corrected chi connectivity index (χ4v) is 3.92. The van der Waals surface area contributed by atoms with Crippen molar-refractivity contribution >= 4 is 19.5 Å². The second-order valence-electron chi connectivity index (χ2n) is 5.64. The minimum Gasteiger partial charge on any atom is -0.477 e. The topological polar surface area (TPSA) is 234 Å². The summed E-state index contributed by atoms with van der Waals surface area (Å²) in [6.45, 7) is -0.325. The number of nitrogens with one attached hydrogen (secondary N) is 1. The molecule has 0 bridgehead atoms. The summed E-state index contributed by atoms with van der Waals surface area (Å²) in [6.07, 6.45) is -10.7. The molecule has 0 saturated carbocycles. The van der Waals surface area contributed by atoms with Crippen molar-refractivity contribution in [2.75, 3.05) is 6.61 Å². The summed E-state index contributed by atoms with van der Waals surface area (Å²) in [7, 11) is -5.59. The maximum absolute atomic E-state index is 12.0. The van der Waals surface area contributed by atoms with E-state index in [1.54, 1.807) is 5.32 Å². The summed E-state index contributed by atoms with van der Waals surface area (Å²) in [6, 6.07) is 0. The van der Waals surface area contributed by atoms with Crippen LogP contribution in [-0.2, 0) is 18.9 Å². The Labute approximate surface area is 140 Å². The fourth-order valence-electron chi connectivity index (χ4n) is 2.60. The van der Waals surface area contributed by atoms with E-state index in [1.165, 1.54) is 0 Å². The highest BCUT2D eigenvalue weighted by Gasteiger charge is 2.69. The summed E-state index contributed by atoms with van der Waals surface area (Å²) in [4.78, 5) is 41.9. The lowest BCUT2D eigenvalue weighted by Gasteiger charge is -2.52. The number of carboxylic acid groups (broad SMARTS) is 1. The van der Waals surface area contributed by atoms with Crippen molar-refractivity contribution in [1.29, 1.82) is 0 Å². The van der Waals surface area contributed by atoms with Crippen LogP contribution in [0.15, 0.2) is 0 Å². The molecule has 1 saturated heterocycles. The zero-order valence-corrected chi connectivity index (χ0v) is 13.8. The Morgan fingerprint density at radius 1 is 1.36 bits per heavy atom. The van der Waals surface area contributed by atoms with Crippen LogP contribution >= 0.6 is 7.60 Å². The van der Waals surface area contributed by atoms with Crippen LogP contribution in [0.25, 0.3) is 0 Å². The van der Waals surface area contributed by atoms with E-state index in [-0.39, 0.29) is 0 Å². The van der Waals surface area contributed by atoms with Crippen LogP contribution in [0.5, 0.6) is 0 Å². The molecule has 25 heavy (non-hydrogen) atoms. The molecule has 0 radical (unpaired) electrons. The largest absolute Gasteiger partial charge is 0.477 e. The van der Waals surface area contributed by atoms with Gasteiger partial charge in [0.05, 0.1) is 12.7 Å². The van der Waals surface area contributed by atoms with Crippen LogP contribution in [0.2, 0.25) is 0 Å². The van der Waals surface area contributed by atoms with Gasteiger partial charge in [-0.2, -0.15) is 0 Å². The van der Waals surface area contributed by atoms with Gasteiger partial charge in [0.2, 0.25) is 5.91 Å². The van der Waals surface area contributed by atoms with Gasteiger partial charge in [-0.15, -0.1) is 0 Å². The molecule has 1 heterocycles. The Balaban J connectivity index is 3.60. The molecule has 0 aromatic rings. The van der Waals surface area contributed by atoms with Crippen LogP contribution in [0, 0.1) is 0 Å². The summed E-state index contributed by atoms with van der Waals surface area (Å²) in [5.41, 5.74) is 0. The van der Waals surface area contributed by atoms with E-state index in [4.69, 9.17) is 14.9 Å². The molecule has 0 aromatic heterocycles. The van der Waals surface area contributed by atoms with Crippen molar-refractivity contribution in [2.45, 2.75) is 48.8 Å². The Hall–Kier alpha value is -1.15. The number of hydrogen-bond acceptors (Lipinski definition) is 9. The van der Waals surface area contributed by atoms with Crippen molar-refractivity contribution in [3.8, 4) is 0 Å². The van der Waals surface area contributed by atoms with Gasteiger partial charge < -0.3 is 50.5 Å². The lowest BCUT2D eigenvalue weighted by Crippen LogP contribution is -2.74. The number of rotatable bonds is 6. The zero-order chi connectivity index (χ0) is 19.8. The lowest BCUT2D eigenvalue weighted by atomic mass is 9.87. The third-order valence-electron chi connectivity index (χ3n) is 3.82. The molecule has 0 aromatic carbocycles. The quantitative estimate of drug-likeness (QED) is 0.196. The SMILES string of the molecule is CC(=O)N[C@]1(P(=O)(O)O)[C@@H](O)CC(O)(C(=O)O)O[C@H]1C(O)C(O)CO. The van der Waals surface area contributed by atoms with E-state index in [2.05, 4.69) is 0 Å². The molecule has 1 fully saturated rings. The normalized spacial score (nSPS) is 35.7. The van der Waals surface area contributed by atoms with E-state index in [0.717, 1.165) is 6.92 Å². The molecule has 0 aliphatic carbocycles. The molecule has 9 N–H and O–H groups in total. The number of carbonyl (C=O) groups is 2. The van der Waals surface area contributed by atoms with Crippen molar-refractivity contribution in [3.63, 3.8) is 0 Å². The second kappa shape index (κ2) is 7.23. The molecule has 0 spiro atoms. The number of aliphatic hydroxyl groups excluding tert-OH is 4. The van der Waals surface area contributed by atoms with Gasteiger partial charge in [-0.05, 0) is 0 Å². The molecule has 146 valence electrons. The maximum Gasteiger partial charge on any atom is 0.364 e. The molecule has 1 amide bonds. The first-order chi connectivity index (χ1) is 11.2. The molecular weight excluding hydrogens is 369 g/mol. The molecule has 3 unspecified atom stereocenters. The molecule has 1 aliphatic heterocycles. The van der Waals surface area contributed by atoms with Gasteiger partial charge in [0.25, 0.3) is 5.79 Å². The average Bonchev–Trinajstić information content (AvgIpc) is 2.46. The van der Waals surface area contributed by atoms with Gasteiger partial charge in [-0.25, -0.2) is 4.79 Å². The standard InChI is InChI=1S/C11H20NO12P/c1-4(14)12-11(25(21,22)23)6(16)2-10(20,9(18)19)24-8(11)7(17)5(15)3-13/h5-8,13,15-17,20H,2-3H2,1H3,(H,12,14)(H,18,19)(H2,21,22,23)/t5?,6-,7?,8-,10?,11-/m0/s1. The van der Waals surface area contributed by atoms with Gasteiger partial charge in [-0.3, -0.25) is 9.36 Å². The van der Waals surface area contributed by atoms with Crippen molar-refractivity contribution in [3.05, 3.63) is 0 Å².